The predicted octanol–water partition coefficient (Wildman–Crippen LogP) is 2.02. The minimum atomic E-state index is -3.63. The first-order valence-corrected chi connectivity index (χ1v) is 9.66. The zero-order valence-electron chi connectivity index (χ0n) is 14.8. The Hall–Kier alpha value is -3.07. The Bertz CT molecular complexity index is 985. The minimum Gasteiger partial charge on any atom is -0.493 e. The molecule has 27 heavy (non-hydrogen) atoms. The molecule has 0 atom stereocenters. The van der Waals surface area contributed by atoms with E-state index in [1.54, 1.807) is 18.2 Å². The van der Waals surface area contributed by atoms with Crippen molar-refractivity contribution in [2.24, 2.45) is 0 Å². The van der Waals surface area contributed by atoms with Crippen LogP contribution in [0.5, 0.6) is 11.5 Å². The maximum Gasteiger partial charge on any atom is 0.255 e. The fourth-order valence-corrected chi connectivity index (χ4v) is 4.19. The van der Waals surface area contributed by atoms with Gasteiger partial charge in [0, 0.05) is 23.7 Å². The van der Waals surface area contributed by atoms with Crippen LogP contribution in [0.2, 0.25) is 0 Å². The Kier molecular flexibility index (Phi) is 5.04. The number of carbonyl (C=O) groups excluding carboxylic acids is 2. The summed E-state index contributed by atoms with van der Waals surface area (Å²) in [6.07, 6.45) is -0.0378. The summed E-state index contributed by atoms with van der Waals surface area (Å²) in [6, 6.07) is 10.8. The van der Waals surface area contributed by atoms with Crippen molar-refractivity contribution in [2.45, 2.75) is 6.42 Å². The molecule has 8 nitrogen and oxygen atoms in total. The normalized spacial score (nSPS) is 15.5. The van der Waals surface area contributed by atoms with Gasteiger partial charge in [-0.05, 0) is 36.4 Å². The van der Waals surface area contributed by atoms with Crippen molar-refractivity contribution in [3.63, 3.8) is 0 Å². The fraction of sp³-hybridized carbons (Fsp3) is 0.222. The second kappa shape index (κ2) is 7.28. The van der Waals surface area contributed by atoms with Crippen molar-refractivity contribution in [2.75, 3.05) is 29.6 Å². The molecular weight excluding hydrogens is 372 g/mol. The number of methoxy groups -OCH3 is 2. The van der Waals surface area contributed by atoms with Crippen molar-refractivity contribution in [1.29, 1.82) is 0 Å². The van der Waals surface area contributed by atoms with Crippen molar-refractivity contribution in [3.05, 3.63) is 48.0 Å². The first-order chi connectivity index (χ1) is 12.9. The molecule has 2 aromatic carbocycles. The van der Waals surface area contributed by atoms with E-state index in [9.17, 15) is 18.0 Å². The number of ether oxygens (including phenoxy) is 2. The largest absolute Gasteiger partial charge is 0.493 e. The van der Waals surface area contributed by atoms with Crippen molar-refractivity contribution >= 4 is 33.2 Å². The maximum absolute atomic E-state index is 12.4. The van der Waals surface area contributed by atoms with Crippen LogP contribution in [-0.2, 0) is 14.8 Å². The van der Waals surface area contributed by atoms with Gasteiger partial charge < -0.3 is 14.8 Å². The van der Waals surface area contributed by atoms with Gasteiger partial charge in [0.25, 0.3) is 5.91 Å². The van der Waals surface area contributed by atoms with Gasteiger partial charge in [-0.25, -0.2) is 12.7 Å². The summed E-state index contributed by atoms with van der Waals surface area (Å²) in [5, 5.41) is 2.72. The van der Waals surface area contributed by atoms with E-state index in [1.807, 2.05) is 0 Å². The van der Waals surface area contributed by atoms with Gasteiger partial charge in [0.05, 0.1) is 25.7 Å². The minimum absolute atomic E-state index is 0.0378. The number of rotatable bonds is 5. The van der Waals surface area contributed by atoms with E-state index in [4.69, 9.17) is 9.47 Å². The number of sulfonamides is 1. The van der Waals surface area contributed by atoms with Gasteiger partial charge in [-0.1, -0.05) is 0 Å². The molecule has 0 saturated carbocycles. The Morgan fingerprint density at radius 2 is 1.70 bits per heavy atom. The lowest BCUT2D eigenvalue weighted by Gasteiger charge is -2.15. The third kappa shape index (κ3) is 3.72. The van der Waals surface area contributed by atoms with E-state index < -0.39 is 15.9 Å². The molecule has 0 aromatic heterocycles. The van der Waals surface area contributed by atoms with Gasteiger partial charge in [0.15, 0.2) is 11.5 Å². The van der Waals surface area contributed by atoms with Crippen LogP contribution in [0.3, 0.4) is 0 Å². The highest BCUT2D eigenvalue weighted by Crippen LogP contribution is 2.30. The highest BCUT2D eigenvalue weighted by molar-refractivity contribution is 7.94. The second-order valence-electron chi connectivity index (χ2n) is 5.79. The maximum atomic E-state index is 12.4. The summed E-state index contributed by atoms with van der Waals surface area (Å²) in [4.78, 5) is 24.2. The highest BCUT2D eigenvalue weighted by Gasteiger charge is 2.36. The average Bonchev–Trinajstić information content (AvgIpc) is 2.94. The standard InChI is InChI=1S/C18H18N2O6S/c1-25-15-8-5-13(11-16(15)26-2)19-18(22)12-3-6-14(7-4-12)20-17(21)9-10-27(20,23)24/h3-8,11H,9-10H2,1-2H3,(H,19,22). The third-order valence-corrected chi connectivity index (χ3v) is 5.77. The van der Waals surface area contributed by atoms with Gasteiger partial charge in [-0.15, -0.1) is 0 Å². The molecule has 1 aliphatic heterocycles. The molecule has 142 valence electrons. The summed E-state index contributed by atoms with van der Waals surface area (Å²) in [7, 11) is -0.615. The number of nitrogens with one attached hydrogen (secondary N) is 1. The van der Waals surface area contributed by atoms with Crippen LogP contribution >= 0.6 is 0 Å². The van der Waals surface area contributed by atoms with E-state index in [2.05, 4.69) is 5.32 Å². The van der Waals surface area contributed by atoms with Crippen molar-refractivity contribution < 1.29 is 27.5 Å². The van der Waals surface area contributed by atoms with Crippen LogP contribution in [0.1, 0.15) is 16.8 Å². The number of anilines is 2. The van der Waals surface area contributed by atoms with E-state index in [-0.39, 0.29) is 23.8 Å². The number of hydrogen-bond acceptors (Lipinski definition) is 6. The molecule has 1 aliphatic rings. The number of amides is 2. The molecule has 0 unspecified atom stereocenters. The van der Waals surface area contributed by atoms with Crippen LogP contribution in [0.25, 0.3) is 0 Å². The van der Waals surface area contributed by atoms with Crippen LogP contribution in [0.15, 0.2) is 42.5 Å². The lowest BCUT2D eigenvalue weighted by atomic mass is 10.2. The summed E-state index contributed by atoms with van der Waals surface area (Å²) in [6.45, 7) is 0. The molecule has 9 heteroatoms. The zero-order chi connectivity index (χ0) is 19.6. The van der Waals surface area contributed by atoms with E-state index in [0.717, 1.165) is 4.31 Å². The van der Waals surface area contributed by atoms with Gasteiger partial charge in [0.1, 0.15) is 0 Å². The topological polar surface area (TPSA) is 102 Å². The van der Waals surface area contributed by atoms with E-state index >= 15 is 0 Å². The molecular formula is C18H18N2O6S. The fourth-order valence-electron chi connectivity index (χ4n) is 2.73. The SMILES string of the molecule is COc1ccc(NC(=O)c2ccc(N3C(=O)CCS3(=O)=O)cc2)cc1OC. The number of carbonyl (C=O) groups is 2. The van der Waals surface area contributed by atoms with Crippen LogP contribution < -0.4 is 19.1 Å². The van der Waals surface area contributed by atoms with Gasteiger partial charge in [-0.3, -0.25) is 9.59 Å². The summed E-state index contributed by atoms with van der Waals surface area (Å²) in [5.74, 6) is -0.0467. The zero-order valence-corrected chi connectivity index (χ0v) is 15.6. The van der Waals surface area contributed by atoms with Gasteiger partial charge in [0.2, 0.25) is 15.9 Å². The number of nitrogens with zero attached hydrogens (tertiary/aromatic N) is 1. The first kappa shape index (κ1) is 18.7. The first-order valence-electron chi connectivity index (χ1n) is 8.05. The quantitative estimate of drug-likeness (QED) is 0.838. The molecule has 1 heterocycles. The van der Waals surface area contributed by atoms with Crippen LogP contribution in [0.4, 0.5) is 11.4 Å². The molecule has 2 amide bonds. The molecule has 1 fully saturated rings. The van der Waals surface area contributed by atoms with Crippen molar-refractivity contribution in [1.82, 2.24) is 0 Å². The molecule has 2 aromatic rings. The highest BCUT2D eigenvalue weighted by atomic mass is 32.2. The molecule has 3 rings (SSSR count). The number of hydrogen-bond donors (Lipinski definition) is 1. The molecule has 0 radical (unpaired) electrons. The van der Waals surface area contributed by atoms with Gasteiger partial charge >= 0.3 is 0 Å². The third-order valence-electron chi connectivity index (χ3n) is 4.08. The lowest BCUT2D eigenvalue weighted by Crippen LogP contribution is -2.29. The van der Waals surface area contributed by atoms with E-state index in [0.29, 0.717) is 22.7 Å². The lowest BCUT2D eigenvalue weighted by molar-refractivity contribution is -0.116. The average molecular weight is 390 g/mol. The van der Waals surface area contributed by atoms with Crippen LogP contribution in [-0.4, -0.2) is 40.2 Å². The second-order valence-corrected chi connectivity index (χ2v) is 7.73. The number of benzene rings is 2. The molecule has 0 bridgehead atoms. The Balaban J connectivity index is 1.78. The molecule has 1 N–H and O–H groups in total. The Morgan fingerprint density at radius 3 is 2.26 bits per heavy atom. The van der Waals surface area contributed by atoms with E-state index in [1.165, 1.54) is 38.5 Å². The van der Waals surface area contributed by atoms with Gasteiger partial charge in [-0.2, -0.15) is 0 Å². The summed E-state index contributed by atoms with van der Waals surface area (Å²) < 4.78 is 35.0. The van der Waals surface area contributed by atoms with Crippen molar-refractivity contribution in [3.8, 4) is 11.5 Å². The Morgan fingerprint density at radius 1 is 1.04 bits per heavy atom. The Labute approximate surface area is 156 Å². The summed E-state index contributed by atoms with van der Waals surface area (Å²) >= 11 is 0. The molecule has 0 spiro atoms. The van der Waals surface area contributed by atoms with Crippen LogP contribution in [0, 0.1) is 0 Å². The predicted molar refractivity (Wildman–Crippen MR) is 99.8 cm³/mol. The molecule has 0 aliphatic carbocycles. The smallest absolute Gasteiger partial charge is 0.255 e. The summed E-state index contributed by atoms with van der Waals surface area (Å²) in [5.41, 5.74) is 1.05. The monoisotopic (exact) mass is 390 g/mol. The molecule has 1 saturated heterocycles.